The molecule has 1 amide bonds. The lowest BCUT2D eigenvalue weighted by Crippen LogP contribution is -2.51. The zero-order valence-corrected chi connectivity index (χ0v) is 15.4. The minimum atomic E-state index is -1.11. The summed E-state index contributed by atoms with van der Waals surface area (Å²) in [5.41, 5.74) is -0.341. The normalized spacial score (nSPS) is 28.0. The van der Waals surface area contributed by atoms with Gasteiger partial charge in [-0.25, -0.2) is 4.79 Å². The van der Waals surface area contributed by atoms with Crippen LogP contribution in [0.3, 0.4) is 0 Å². The highest BCUT2D eigenvalue weighted by Gasteiger charge is 2.53. The summed E-state index contributed by atoms with van der Waals surface area (Å²) in [6.07, 6.45) is -0.940. The van der Waals surface area contributed by atoms with Crippen molar-refractivity contribution >= 4 is 23.6 Å². The number of carbonyl (C=O) groups is 2. The lowest BCUT2D eigenvalue weighted by atomic mass is 9.85. The number of hydrogen-bond donors (Lipinski definition) is 0. The Labute approximate surface area is 156 Å². The van der Waals surface area contributed by atoms with E-state index < -0.39 is 18.0 Å². The number of amides is 1. The van der Waals surface area contributed by atoms with Crippen LogP contribution in [0.2, 0.25) is 0 Å². The van der Waals surface area contributed by atoms with Gasteiger partial charge in [-0.05, 0) is 36.8 Å². The van der Waals surface area contributed by atoms with Gasteiger partial charge in [-0.1, -0.05) is 42.1 Å². The molecule has 0 spiro atoms. The SMILES string of the molecule is CN1C(=O)O[C@@H]2O[C@](C)(c3ccc(Sc4ccccc4)cc3)C(=O)C[C@@H]21. The number of likely N-dealkylation sites (N-methyl/N-ethyl adjacent to an activating group) is 1. The molecule has 4 rings (SSSR count). The van der Waals surface area contributed by atoms with Gasteiger partial charge in [0.25, 0.3) is 0 Å². The molecular weight excluding hydrogens is 350 g/mol. The molecule has 3 atom stereocenters. The summed E-state index contributed by atoms with van der Waals surface area (Å²) in [7, 11) is 1.63. The Kier molecular flexibility index (Phi) is 4.25. The van der Waals surface area contributed by atoms with E-state index in [0.29, 0.717) is 0 Å². The first-order valence-corrected chi connectivity index (χ1v) is 9.27. The summed E-state index contributed by atoms with van der Waals surface area (Å²) in [4.78, 5) is 28.2. The van der Waals surface area contributed by atoms with Crippen molar-refractivity contribution in [3.8, 4) is 0 Å². The Morgan fingerprint density at radius 1 is 1.04 bits per heavy atom. The predicted molar refractivity (Wildman–Crippen MR) is 96.9 cm³/mol. The first kappa shape index (κ1) is 17.1. The van der Waals surface area contributed by atoms with E-state index in [4.69, 9.17) is 9.47 Å². The van der Waals surface area contributed by atoms with Gasteiger partial charge in [0.2, 0.25) is 6.29 Å². The Morgan fingerprint density at radius 2 is 1.69 bits per heavy atom. The Bertz CT molecular complexity index is 839. The van der Waals surface area contributed by atoms with Gasteiger partial charge in [-0.3, -0.25) is 4.79 Å². The minimum Gasteiger partial charge on any atom is -0.417 e. The van der Waals surface area contributed by atoms with E-state index in [2.05, 4.69) is 12.1 Å². The number of rotatable bonds is 3. The molecule has 2 aliphatic rings. The molecule has 2 heterocycles. The second-order valence-electron chi connectivity index (χ2n) is 6.65. The first-order valence-electron chi connectivity index (χ1n) is 8.45. The molecule has 2 aromatic carbocycles. The summed E-state index contributed by atoms with van der Waals surface area (Å²) in [5, 5.41) is 0. The van der Waals surface area contributed by atoms with Gasteiger partial charge >= 0.3 is 6.09 Å². The van der Waals surface area contributed by atoms with Crippen molar-refractivity contribution < 1.29 is 19.1 Å². The highest BCUT2D eigenvalue weighted by molar-refractivity contribution is 7.99. The average molecular weight is 369 g/mol. The van der Waals surface area contributed by atoms with Crippen LogP contribution >= 0.6 is 11.8 Å². The average Bonchev–Trinajstić information content (AvgIpc) is 2.90. The van der Waals surface area contributed by atoms with Crippen molar-refractivity contribution in [3.05, 3.63) is 60.2 Å². The number of fused-ring (bicyclic) bond motifs is 1. The molecule has 0 radical (unpaired) electrons. The molecule has 2 fully saturated rings. The lowest BCUT2D eigenvalue weighted by Gasteiger charge is -2.38. The molecule has 2 saturated heterocycles. The zero-order chi connectivity index (χ0) is 18.3. The number of nitrogens with zero attached hydrogens (tertiary/aromatic N) is 1. The van der Waals surface area contributed by atoms with Crippen LogP contribution in [0.5, 0.6) is 0 Å². The van der Waals surface area contributed by atoms with Gasteiger partial charge in [-0.2, -0.15) is 0 Å². The molecule has 5 nitrogen and oxygen atoms in total. The molecule has 134 valence electrons. The zero-order valence-electron chi connectivity index (χ0n) is 14.5. The summed E-state index contributed by atoms with van der Waals surface area (Å²) >= 11 is 1.66. The van der Waals surface area contributed by atoms with E-state index in [0.717, 1.165) is 15.4 Å². The van der Waals surface area contributed by atoms with Crippen LogP contribution in [0, 0.1) is 0 Å². The highest BCUT2D eigenvalue weighted by Crippen LogP contribution is 2.40. The molecule has 0 aromatic heterocycles. The van der Waals surface area contributed by atoms with E-state index >= 15 is 0 Å². The molecular formula is C20H19NO4S. The molecule has 2 aliphatic heterocycles. The van der Waals surface area contributed by atoms with Crippen LogP contribution in [0.1, 0.15) is 18.9 Å². The number of Topliss-reactive ketones (excluding diaryl/α,β-unsaturated/α-hetero) is 1. The summed E-state index contributed by atoms with van der Waals surface area (Å²) in [6.45, 7) is 1.75. The number of ether oxygens (including phenoxy) is 2. The predicted octanol–water partition coefficient (Wildman–Crippen LogP) is 3.82. The van der Waals surface area contributed by atoms with Crippen LogP contribution in [0.25, 0.3) is 0 Å². The van der Waals surface area contributed by atoms with E-state index in [1.165, 1.54) is 4.90 Å². The minimum absolute atomic E-state index is 0.0487. The van der Waals surface area contributed by atoms with Crippen LogP contribution in [-0.2, 0) is 19.9 Å². The Hall–Kier alpha value is -2.31. The second-order valence-corrected chi connectivity index (χ2v) is 7.80. The summed E-state index contributed by atoms with van der Waals surface area (Å²) in [5.74, 6) is -0.0487. The maximum Gasteiger partial charge on any atom is 0.412 e. The summed E-state index contributed by atoms with van der Waals surface area (Å²) in [6, 6.07) is 17.5. The maximum absolute atomic E-state index is 12.8. The van der Waals surface area contributed by atoms with Crippen LogP contribution in [0.4, 0.5) is 4.79 Å². The van der Waals surface area contributed by atoms with E-state index in [-0.39, 0.29) is 18.2 Å². The molecule has 26 heavy (non-hydrogen) atoms. The molecule has 0 saturated carbocycles. The van der Waals surface area contributed by atoms with Crippen molar-refractivity contribution in [1.29, 1.82) is 0 Å². The molecule has 0 bridgehead atoms. The van der Waals surface area contributed by atoms with Gasteiger partial charge in [0, 0.05) is 23.3 Å². The molecule has 0 aliphatic carbocycles. The van der Waals surface area contributed by atoms with Crippen molar-refractivity contribution in [2.24, 2.45) is 0 Å². The highest BCUT2D eigenvalue weighted by atomic mass is 32.2. The monoisotopic (exact) mass is 369 g/mol. The fourth-order valence-corrected chi connectivity index (χ4v) is 4.13. The van der Waals surface area contributed by atoms with Crippen molar-refractivity contribution in [2.75, 3.05) is 7.05 Å². The lowest BCUT2D eigenvalue weighted by molar-refractivity contribution is -0.205. The Balaban J connectivity index is 1.55. The van der Waals surface area contributed by atoms with Gasteiger partial charge in [0.05, 0.1) is 0 Å². The van der Waals surface area contributed by atoms with E-state index in [1.54, 1.807) is 25.7 Å². The van der Waals surface area contributed by atoms with Gasteiger partial charge in [0.15, 0.2) is 11.4 Å². The first-order chi connectivity index (χ1) is 12.5. The molecule has 6 heteroatoms. The van der Waals surface area contributed by atoms with Gasteiger partial charge in [0.1, 0.15) is 6.04 Å². The third kappa shape index (κ3) is 2.89. The number of hydrogen-bond acceptors (Lipinski definition) is 5. The third-order valence-corrected chi connectivity index (χ3v) is 5.99. The largest absolute Gasteiger partial charge is 0.417 e. The molecule has 2 aromatic rings. The molecule has 0 N–H and O–H groups in total. The third-order valence-electron chi connectivity index (χ3n) is 4.98. The van der Waals surface area contributed by atoms with E-state index in [1.807, 2.05) is 42.5 Å². The topological polar surface area (TPSA) is 55.8 Å². The Morgan fingerprint density at radius 3 is 2.38 bits per heavy atom. The fraction of sp³-hybridized carbons (Fsp3) is 0.300. The second kappa shape index (κ2) is 6.45. The maximum atomic E-state index is 12.8. The standard InChI is InChI=1S/C20H19NO4S/c1-20(17(22)12-16-18(25-20)24-19(23)21(16)2)13-8-10-15(11-9-13)26-14-6-4-3-5-7-14/h3-11,16,18H,12H2,1-2H3/t16-,18+,20+/m0/s1. The number of ketones is 1. The van der Waals surface area contributed by atoms with Gasteiger partial charge in [-0.15, -0.1) is 0 Å². The van der Waals surface area contributed by atoms with Gasteiger partial charge < -0.3 is 14.4 Å². The molecule has 0 unspecified atom stereocenters. The van der Waals surface area contributed by atoms with Crippen molar-refractivity contribution in [1.82, 2.24) is 4.90 Å². The summed E-state index contributed by atoms with van der Waals surface area (Å²) < 4.78 is 11.2. The smallest absolute Gasteiger partial charge is 0.412 e. The van der Waals surface area contributed by atoms with E-state index in [9.17, 15) is 9.59 Å². The number of benzene rings is 2. The van der Waals surface area contributed by atoms with Crippen LogP contribution < -0.4 is 0 Å². The number of carbonyl (C=O) groups excluding carboxylic acids is 2. The van der Waals surface area contributed by atoms with Crippen LogP contribution in [0.15, 0.2) is 64.4 Å². The quantitative estimate of drug-likeness (QED) is 0.823. The van der Waals surface area contributed by atoms with Crippen molar-refractivity contribution in [2.45, 2.75) is 41.1 Å². The van der Waals surface area contributed by atoms with Crippen molar-refractivity contribution in [3.63, 3.8) is 0 Å². The van der Waals surface area contributed by atoms with Crippen LogP contribution in [-0.4, -0.2) is 36.2 Å². The fourth-order valence-electron chi connectivity index (χ4n) is 3.29.